The molecular formula is C13H8BrF2NO3. The number of non-ortho nitro benzene ring substituents is 1. The molecule has 0 aliphatic rings. The summed E-state index contributed by atoms with van der Waals surface area (Å²) in [6.07, 6.45) is 0. The average molecular weight is 344 g/mol. The van der Waals surface area contributed by atoms with Crippen molar-refractivity contribution in [2.45, 2.75) is 6.61 Å². The molecule has 0 heterocycles. The molecule has 0 spiro atoms. The van der Waals surface area contributed by atoms with Crippen molar-refractivity contribution >= 4 is 21.6 Å². The molecule has 0 saturated carbocycles. The number of nitrogens with zero attached hydrogens (tertiary/aromatic N) is 1. The van der Waals surface area contributed by atoms with Crippen LogP contribution in [-0.2, 0) is 6.61 Å². The van der Waals surface area contributed by atoms with Crippen molar-refractivity contribution in [2.75, 3.05) is 0 Å². The van der Waals surface area contributed by atoms with Crippen LogP contribution in [0.2, 0.25) is 0 Å². The first-order valence-electron chi connectivity index (χ1n) is 5.48. The maximum Gasteiger partial charge on any atom is 0.272 e. The van der Waals surface area contributed by atoms with E-state index >= 15 is 0 Å². The Morgan fingerprint density at radius 1 is 1.20 bits per heavy atom. The number of rotatable bonds is 4. The van der Waals surface area contributed by atoms with Crippen LogP contribution in [0.3, 0.4) is 0 Å². The molecule has 0 atom stereocenters. The average Bonchev–Trinajstić information content (AvgIpc) is 2.41. The first kappa shape index (κ1) is 14.4. The van der Waals surface area contributed by atoms with Crippen molar-refractivity contribution in [1.82, 2.24) is 0 Å². The van der Waals surface area contributed by atoms with Gasteiger partial charge in [-0.1, -0.05) is 12.1 Å². The van der Waals surface area contributed by atoms with Crippen LogP contribution >= 0.6 is 15.9 Å². The largest absolute Gasteiger partial charge is 0.486 e. The molecular weight excluding hydrogens is 336 g/mol. The van der Waals surface area contributed by atoms with Gasteiger partial charge in [0.15, 0.2) is 11.6 Å². The van der Waals surface area contributed by atoms with Crippen LogP contribution in [0.4, 0.5) is 14.5 Å². The fourth-order valence-corrected chi connectivity index (χ4v) is 1.91. The molecule has 0 N–H and O–H groups in total. The van der Waals surface area contributed by atoms with Crippen LogP contribution in [0.1, 0.15) is 5.56 Å². The summed E-state index contributed by atoms with van der Waals surface area (Å²) < 4.78 is 32.3. The SMILES string of the molecule is O=[N+]([O-])c1ccc(OCc2cccc(F)c2Br)c(F)c1. The summed E-state index contributed by atoms with van der Waals surface area (Å²) in [4.78, 5) is 9.78. The number of halogens is 3. The highest BCUT2D eigenvalue weighted by Gasteiger charge is 2.12. The molecule has 0 fully saturated rings. The minimum absolute atomic E-state index is 0.0624. The lowest BCUT2D eigenvalue weighted by molar-refractivity contribution is -0.385. The fraction of sp³-hybridized carbons (Fsp3) is 0.0769. The first-order valence-corrected chi connectivity index (χ1v) is 6.28. The zero-order valence-electron chi connectivity index (χ0n) is 9.98. The van der Waals surface area contributed by atoms with Crippen molar-refractivity contribution in [2.24, 2.45) is 0 Å². The van der Waals surface area contributed by atoms with Crippen LogP contribution < -0.4 is 4.74 Å². The summed E-state index contributed by atoms with van der Waals surface area (Å²) >= 11 is 3.06. The summed E-state index contributed by atoms with van der Waals surface area (Å²) in [7, 11) is 0. The predicted molar refractivity (Wildman–Crippen MR) is 71.5 cm³/mol. The van der Waals surface area contributed by atoms with Crippen LogP contribution in [0.5, 0.6) is 5.75 Å². The van der Waals surface area contributed by atoms with Gasteiger partial charge in [-0.2, -0.15) is 0 Å². The normalized spacial score (nSPS) is 10.3. The minimum atomic E-state index is -0.841. The summed E-state index contributed by atoms with van der Waals surface area (Å²) in [5, 5.41) is 10.5. The van der Waals surface area contributed by atoms with E-state index in [1.807, 2.05) is 0 Å². The Balaban J connectivity index is 2.15. The zero-order chi connectivity index (χ0) is 14.7. The fourth-order valence-electron chi connectivity index (χ4n) is 1.54. The van der Waals surface area contributed by atoms with E-state index in [4.69, 9.17) is 4.74 Å². The van der Waals surface area contributed by atoms with Gasteiger partial charge < -0.3 is 4.74 Å². The standard InChI is InChI=1S/C13H8BrF2NO3/c14-13-8(2-1-3-10(13)15)7-20-12-5-4-9(17(18)19)6-11(12)16/h1-6H,7H2. The van der Waals surface area contributed by atoms with Crippen LogP contribution in [0.25, 0.3) is 0 Å². The van der Waals surface area contributed by atoms with E-state index in [1.54, 1.807) is 6.07 Å². The Labute approximate surface area is 121 Å². The maximum absolute atomic E-state index is 13.6. The molecule has 0 aromatic heterocycles. The molecule has 2 aromatic rings. The Hall–Kier alpha value is -2.02. The second kappa shape index (κ2) is 5.96. The van der Waals surface area contributed by atoms with Gasteiger partial charge in [0.05, 0.1) is 15.5 Å². The molecule has 0 aliphatic heterocycles. The molecule has 0 unspecified atom stereocenters. The highest BCUT2D eigenvalue weighted by molar-refractivity contribution is 9.10. The van der Waals surface area contributed by atoms with E-state index in [-0.39, 0.29) is 22.5 Å². The van der Waals surface area contributed by atoms with Gasteiger partial charge >= 0.3 is 0 Å². The van der Waals surface area contributed by atoms with E-state index in [2.05, 4.69) is 15.9 Å². The van der Waals surface area contributed by atoms with Crippen LogP contribution in [-0.4, -0.2) is 4.92 Å². The molecule has 0 aliphatic carbocycles. The predicted octanol–water partition coefficient (Wildman–Crippen LogP) is 4.21. The van der Waals surface area contributed by atoms with E-state index in [0.29, 0.717) is 5.56 Å². The number of nitro benzene ring substituents is 1. The third kappa shape index (κ3) is 3.11. The molecule has 0 bridgehead atoms. The highest BCUT2D eigenvalue weighted by Crippen LogP contribution is 2.25. The topological polar surface area (TPSA) is 52.4 Å². The van der Waals surface area contributed by atoms with Gasteiger partial charge in [-0.3, -0.25) is 10.1 Å². The molecule has 20 heavy (non-hydrogen) atoms. The monoisotopic (exact) mass is 343 g/mol. The van der Waals surface area contributed by atoms with Gasteiger partial charge in [-0.25, -0.2) is 8.78 Å². The Morgan fingerprint density at radius 2 is 1.95 bits per heavy atom. The number of ether oxygens (including phenoxy) is 1. The highest BCUT2D eigenvalue weighted by atomic mass is 79.9. The smallest absolute Gasteiger partial charge is 0.272 e. The second-order valence-corrected chi connectivity index (χ2v) is 4.67. The number of benzene rings is 2. The van der Waals surface area contributed by atoms with E-state index in [0.717, 1.165) is 12.1 Å². The van der Waals surface area contributed by atoms with Crippen LogP contribution in [0, 0.1) is 21.7 Å². The minimum Gasteiger partial charge on any atom is -0.486 e. The van der Waals surface area contributed by atoms with Crippen molar-refractivity contribution in [3.63, 3.8) is 0 Å². The lowest BCUT2D eigenvalue weighted by atomic mass is 10.2. The van der Waals surface area contributed by atoms with Crippen molar-refractivity contribution in [1.29, 1.82) is 0 Å². The molecule has 4 nitrogen and oxygen atoms in total. The van der Waals surface area contributed by atoms with Gasteiger partial charge in [0.2, 0.25) is 0 Å². The van der Waals surface area contributed by atoms with Gasteiger partial charge in [0.1, 0.15) is 12.4 Å². The van der Waals surface area contributed by atoms with Gasteiger partial charge in [-0.15, -0.1) is 0 Å². The molecule has 0 saturated heterocycles. The third-order valence-electron chi connectivity index (χ3n) is 2.54. The molecule has 2 rings (SSSR count). The quantitative estimate of drug-likeness (QED) is 0.617. The number of nitro groups is 1. The Kier molecular flexibility index (Phi) is 4.29. The lowest BCUT2D eigenvalue weighted by Gasteiger charge is -2.09. The summed E-state index contributed by atoms with van der Waals surface area (Å²) in [6.45, 7) is -0.0624. The van der Waals surface area contributed by atoms with Gasteiger partial charge in [0.25, 0.3) is 5.69 Å². The molecule has 0 radical (unpaired) electrons. The molecule has 2 aromatic carbocycles. The second-order valence-electron chi connectivity index (χ2n) is 3.87. The van der Waals surface area contributed by atoms with E-state index < -0.39 is 16.6 Å². The van der Waals surface area contributed by atoms with Gasteiger partial charge in [-0.05, 0) is 28.1 Å². The van der Waals surface area contributed by atoms with Crippen molar-refractivity contribution in [3.8, 4) is 5.75 Å². The number of hydrogen-bond acceptors (Lipinski definition) is 3. The van der Waals surface area contributed by atoms with E-state index in [9.17, 15) is 18.9 Å². The molecule has 104 valence electrons. The van der Waals surface area contributed by atoms with Gasteiger partial charge in [0, 0.05) is 11.6 Å². The number of hydrogen-bond donors (Lipinski definition) is 0. The summed E-state index contributed by atoms with van der Waals surface area (Å²) in [5.74, 6) is -1.42. The van der Waals surface area contributed by atoms with Crippen LogP contribution in [0.15, 0.2) is 40.9 Å². The molecule has 7 heteroatoms. The first-order chi connectivity index (χ1) is 9.49. The third-order valence-corrected chi connectivity index (χ3v) is 3.43. The van der Waals surface area contributed by atoms with Crippen molar-refractivity contribution < 1.29 is 18.4 Å². The Morgan fingerprint density at radius 3 is 2.60 bits per heavy atom. The maximum atomic E-state index is 13.6. The summed E-state index contributed by atoms with van der Waals surface area (Å²) in [5.41, 5.74) is 0.143. The zero-order valence-corrected chi connectivity index (χ0v) is 11.6. The molecule has 0 amide bonds. The van der Waals surface area contributed by atoms with Crippen molar-refractivity contribution in [3.05, 3.63) is 68.2 Å². The van der Waals surface area contributed by atoms with E-state index in [1.165, 1.54) is 18.2 Å². The summed E-state index contributed by atoms with van der Waals surface area (Å²) in [6, 6.07) is 7.48. The lowest BCUT2D eigenvalue weighted by Crippen LogP contribution is -2.00. The Bertz CT molecular complexity index is 664.